The summed E-state index contributed by atoms with van der Waals surface area (Å²) in [5.74, 6) is 0.438. The number of hydrogen-bond donors (Lipinski definition) is 0. The third-order valence-corrected chi connectivity index (χ3v) is 4.99. The summed E-state index contributed by atoms with van der Waals surface area (Å²) in [5, 5.41) is 0. The second kappa shape index (κ2) is 8.05. The highest BCUT2D eigenvalue weighted by Crippen LogP contribution is 2.31. The number of carbonyl (C=O) groups is 2. The quantitative estimate of drug-likeness (QED) is 0.812. The molecule has 0 N–H and O–H groups in total. The van der Waals surface area contributed by atoms with Crippen LogP contribution in [-0.4, -0.2) is 36.9 Å². The molecule has 1 aliphatic heterocycles. The van der Waals surface area contributed by atoms with Crippen molar-refractivity contribution in [3.05, 3.63) is 59.7 Å². The molecular formula is C23H28N2O3. The Hall–Kier alpha value is -2.82. The summed E-state index contributed by atoms with van der Waals surface area (Å²) in [5.41, 5.74) is 3.08. The van der Waals surface area contributed by atoms with Crippen LogP contribution < -0.4 is 9.64 Å². The number of benzene rings is 2. The first-order valence-corrected chi connectivity index (χ1v) is 9.61. The Morgan fingerprint density at radius 2 is 1.79 bits per heavy atom. The fraction of sp³-hybridized carbons (Fsp3) is 0.391. The molecule has 0 spiro atoms. The standard InChI is InChI=1S/C23H28N2O3/c1-23(2,3)18-11-9-17(10-12-18)15-24(4)22(27)16-25-19-7-5-6-8-20(19)28-14-13-21(25)26/h5-12H,13-16H2,1-4H3. The lowest BCUT2D eigenvalue weighted by molar-refractivity contribution is -0.130. The minimum absolute atomic E-state index is 0.00970. The average molecular weight is 380 g/mol. The number of rotatable bonds is 4. The second-order valence-electron chi connectivity index (χ2n) is 8.24. The number of nitrogens with zero attached hydrogens (tertiary/aromatic N) is 2. The highest BCUT2D eigenvalue weighted by Gasteiger charge is 2.26. The molecule has 1 aliphatic rings. The Bertz CT molecular complexity index is 853. The summed E-state index contributed by atoms with van der Waals surface area (Å²) in [7, 11) is 1.77. The monoisotopic (exact) mass is 380 g/mol. The van der Waals surface area contributed by atoms with Gasteiger partial charge < -0.3 is 9.64 Å². The molecule has 2 amide bonds. The first-order valence-electron chi connectivity index (χ1n) is 9.61. The summed E-state index contributed by atoms with van der Waals surface area (Å²) >= 11 is 0. The van der Waals surface area contributed by atoms with Crippen LogP contribution in [0.25, 0.3) is 0 Å². The van der Waals surface area contributed by atoms with E-state index in [1.807, 2.05) is 24.3 Å². The minimum atomic E-state index is -0.107. The van der Waals surface area contributed by atoms with Gasteiger partial charge in [0.2, 0.25) is 11.8 Å². The zero-order valence-electron chi connectivity index (χ0n) is 17.1. The first kappa shape index (κ1) is 19.9. The van der Waals surface area contributed by atoms with Crippen LogP contribution >= 0.6 is 0 Å². The zero-order chi connectivity index (χ0) is 20.3. The van der Waals surface area contributed by atoms with Crippen LogP contribution in [0.15, 0.2) is 48.5 Å². The first-order chi connectivity index (χ1) is 13.3. The number of para-hydroxylation sites is 2. The molecule has 0 radical (unpaired) electrons. The van der Waals surface area contributed by atoms with E-state index in [1.165, 1.54) is 10.5 Å². The second-order valence-corrected chi connectivity index (χ2v) is 8.24. The van der Waals surface area contributed by atoms with Crippen molar-refractivity contribution in [1.82, 2.24) is 4.90 Å². The van der Waals surface area contributed by atoms with E-state index in [2.05, 4.69) is 45.0 Å². The van der Waals surface area contributed by atoms with Crippen LogP contribution in [0.4, 0.5) is 5.69 Å². The fourth-order valence-electron chi connectivity index (χ4n) is 3.22. The normalized spacial score (nSPS) is 14.1. The SMILES string of the molecule is CN(Cc1ccc(C(C)(C)C)cc1)C(=O)CN1C(=O)CCOc2ccccc21. The number of carbonyl (C=O) groups excluding carboxylic acids is 2. The van der Waals surface area contributed by atoms with Crippen molar-refractivity contribution in [3.63, 3.8) is 0 Å². The number of fused-ring (bicyclic) bond motifs is 1. The predicted molar refractivity (Wildman–Crippen MR) is 111 cm³/mol. The zero-order valence-corrected chi connectivity index (χ0v) is 17.1. The predicted octanol–water partition coefficient (Wildman–Crippen LogP) is 3.76. The van der Waals surface area contributed by atoms with Crippen molar-refractivity contribution < 1.29 is 14.3 Å². The number of ether oxygens (including phenoxy) is 1. The summed E-state index contributed by atoms with van der Waals surface area (Å²) in [4.78, 5) is 28.5. The third-order valence-electron chi connectivity index (χ3n) is 4.99. The molecule has 148 valence electrons. The van der Waals surface area contributed by atoms with Crippen molar-refractivity contribution in [1.29, 1.82) is 0 Å². The van der Waals surface area contributed by atoms with Gasteiger partial charge in [-0.25, -0.2) is 0 Å². The molecule has 3 rings (SSSR count). The van der Waals surface area contributed by atoms with Crippen molar-refractivity contribution in [2.24, 2.45) is 0 Å². The molecule has 28 heavy (non-hydrogen) atoms. The number of anilines is 1. The van der Waals surface area contributed by atoms with Gasteiger partial charge in [-0.2, -0.15) is 0 Å². The van der Waals surface area contributed by atoms with Gasteiger partial charge in [0.1, 0.15) is 12.3 Å². The van der Waals surface area contributed by atoms with E-state index in [-0.39, 0.29) is 30.2 Å². The van der Waals surface area contributed by atoms with Crippen molar-refractivity contribution in [3.8, 4) is 5.75 Å². The van der Waals surface area contributed by atoms with Crippen LogP contribution in [0, 0.1) is 0 Å². The maximum absolute atomic E-state index is 12.8. The summed E-state index contributed by atoms with van der Waals surface area (Å²) in [6.45, 7) is 7.38. The Balaban J connectivity index is 1.69. The molecule has 0 unspecified atom stereocenters. The van der Waals surface area contributed by atoms with E-state index in [9.17, 15) is 9.59 Å². The van der Waals surface area contributed by atoms with Crippen molar-refractivity contribution in [2.45, 2.75) is 39.2 Å². The Labute approximate surface area is 166 Å². The fourth-order valence-corrected chi connectivity index (χ4v) is 3.22. The van der Waals surface area contributed by atoms with E-state index >= 15 is 0 Å². The van der Waals surface area contributed by atoms with Gasteiger partial charge in [0, 0.05) is 13.6 Å². The number of likely N-dealkylation sites (N-methyl/N-ethyl adjacent to an activating group) is 1. The highest BCUT2D eigenvalue weighted by atomic mass is 16.5. The molecular weight excluding hydrogens is 352 g/mol. The van der Waals surface area contributed by atoms with Gasteiger partial charge >= 0.3 is 0 Å². The van der Waals surface area contributed by atoms with E-state index in [4.69, 9.17) is 4.74 Å². The van der Waals surface area contributed by atoms with E-state index in [0.29, 0.717) is 24.6 Å². The molecule has 2 aromatic rings. The summed E-state index contributed by atoms with van der Waals surface area (Å²) in [6.07, 6.45) is 0.264. The van der Waals surface area contributed by atoms with Crippen LogP contribution in [-0.2, 0) is 21.5 Å². The smallest absolute Gasteiger partial charge is 0.242 e. The Kier molecular flexibility index (Phi) is 5.73. The molecule has 0 saturated carbocycles. The lowest BCUT2D eigenvalue weighted by Gasteiger charge is -2.25. The maximum Gasteiger partial charge on any atom is 0.242 e. The highest BCUT2D eigenvalue weighted by molar-refractivity contribution is 6.00. The Morgan fingerprint density at radius 1 is 1.11 bits per heavy atom. The molecule has 0 aliphatic carbocycles. The largest absolute Gasteiger partial charge is 0.491 e. The molecule has 0 saturated heterocycles. The molecule has 0 bridgehead atoms. The van der Waals surface area contributed by atoms with E-state index < -0.39 is 0 Å². The van der Waals surface area contributed by atoms with Crippen molar-refractivity contribution in [2.75, 3.05) is 25.1 Å². The molecule has 0 fully saturated rings. The average Bonchev–Trinajstić information content (AvgIpc) is 2.80. The van der Waals surface area contributed by atoms with Gasteiger partial charge in [-0.1, -0.05) is 57.2 Å². The van der Waals surface area contributed by atoms with E-state index in [0.717, 1.165) is 5.56 Å². The topological polar surface area (TPSA) is 49.9 Å². The third kappa shape index (κ3) is 4.53. The van der Waals surface area contributed by atoms with Crippen molar-refractivity contribution >= 4 is 17.5 Å². The number of amides is 2. The summed E-state index contributed by atoms with van der Waals surface area (Å²) in [6, 6.07) is 15.7. The Morgan fingerprint density at radius 3 is 2.46 bits per heavy atom. The van der Waals surface area contributed by atoms with Gasteiger partial charge in [-0.05, 0) is 28.7 Å². The van der Waals surface area contributed by atoms with Gasteiger partial charge in [-0.3, -0.25) is 14.5 Å². The van der Waals surface area contributed by atoms with Gasteiger partial charge in [0.25, 0.3) is 0 Å². The van der Waals surface area contributed by atoms with Gasteiger partial charge in [0.15, 0.2) is 0 Å². The van der Waals surface area contributed by atoms with Gasteiger partial charge in [0.05, 0.1) is 18.7 Å². The van der Waals surface area contributed by atoms with Crippen LogP contribution in [0.3, 0.4) is 0 Å². The molecule has 0 atom stereocenters. The molecule has 5 heteroatoms. The molecule has 2 aromatic carbocycles. The van der Waals surface area contributed by atoms with E-state index in [1.54, 1.807) is 11.9 Å². The van der Waals surface area contributed by atoms with Crippen LogP contribution in [0.2, 0.25) is 0 Å². The summed E-state index contributed by atoms with van der Waals surface area (Å²) < 4.78 is 5.64. The lowest BCUT2D eigenvalue weighted by atomic mass is 9.87. The maximum atomic E-state index is 12.8. The van der Waals surface area contributed by atoms with Crippen LogP contribution in [0.5, 0.6) is 5.75 Å². The van der Waals surface area contributed by atoms with Gasteiger partial charge in [-0.15, -0.1) is 0 Å². The lowest BCUT2D eigenvalue weighted by Crippen LogP contribution is -2.41. The molecule has 0 aromatic heterocycles. The van der Waals surface area contributed by atoms with Crippen LogP contribution in [0.1, 0.15) is 38.3 Å². The minimum Gasteiger partial charge on any atom is -0.491 e. The molecule has 1 heterocycles. The number of hydrogen-bond acceptors (Lipinski definition) is 3. The molecule has 5 nitrogen and oxygen atoms in total.